The lowest BCUT2D eigenvalue weighted by Gasteiger charge is -2.71. The first-order valence-corrected chi connectivity index (χ1v) is 14.5. The average Bonchev–Trinajstić information content (AvgIpc) is 3.16. The molecular weight excluding hydrogens is 438 g/mol. The molecule has 0 amide bonds. The zero-order chi connectivity index (χ0) is 26.1. The number of aliphatic hydroxyl groups is 3. The first-order chi connectivity index (χ1) is 16.1. The predicted octanol–water partition coefficient (Wildman–Crippen LogP) is 6.18. The highest BCUT2D eigenvalue weighted by Crippen LogP contribution is 2.75. The van der Waals surface area contributed by atoms with Gasteiger partial charge in [0, 0.05) is 0 Å². The molecule has 5 nitrogen and oxygen atoms in total. The fraction of sp³-hybridized carbons (Fsp3) is 1.00. The van der Waals surface area contributed by atoms with E-state index in [0.29, 0.717) is 17.8 Å². The van der Waals surface area contributed by atoms with Crippen molar-refractivity contribution in [3.05, 3.63) is 4.91 Å². The molecule has 202 valence electrons. The fourth-order valence-electron chi connectivity index (χ4n) is 10.7. The van der Waals surface area contributed by atoms with Crippen LogP contribution in [0.5, 0.6) is 0 Å². The van der Waals surface area contributed by atoms with Gasteiger partial charge in [-0.2, -0.15) is 4.91 Å². The molecule has 4 aliphatic carbocycles. The van der Waals surface area contributed by atoms with Crippen LogP contribution in [-0.4, -0.2) is 39.7 Å². The Morgan fingerprint density at radius 2 is 1.60 bits per heavy atom. The maximum atomic E-state index is 12.4. The van der Waals surface area contributed by atoms with Gasteiger partial charge in [-0.3, -0.25) is 0 Å². The molecule has 5 heteroatoms. The van der Waals surface area contributed by atoms with Gasteiger partial charge in [-0.1, -0.05) is 60.6 Å². The molecule has 0 aliphatic heterocycles. The highest BCUT2D eigenvalue weighted by molar-refractivity contribution is 5.21. The van der Waals surface area contributed by atoms with E-state index in [9.17, 15) is 20.2 Å². The van der Waals surface area contributed by atoms with Crippen molar-refractivity contribution in [1.82, 2.24) is 0 Å². The van der Waals surface area contributed by atoms with E-state index in [1.807, 2.05) is 0 Å². The van der Waals surface area contributed by atoms with Gasteiger partial charge in [-0.05, 0) is 109 Å². The highest BCUT2D eigenvalue weighted by Gasteiger charge is 2.72. The van der Waals surface area contributed by atoms with Gasteiger partial charge in [0.2, 0.25) is 0 Å². The predicted molar refractivity (Wildman–Crippen MR) is 141 cm³/mol. The molecule has 0 aromatic rings. The van der Waals surface area contributed by atoms with Crippen LogP contribution in [0.25, 0.3) is 0 Å². The number of hydrogen-bond acceptors (Lipinski definition) is 5. The lowest BCUT2D eigenvalue weighted by atomic mass is 9.34. The van der Waals surface area contributed by atoms with Crippen LogP contribution in [0.4, 0.5) is 0 Å². The number of hydrogen-bond donors (Lipinski definition) is 3. The third kappa shape index (κ3) is 3.88. The Balaban J connectivity index is 1.67. The van der Waals surface area contributed by atoms with E-state index in [1.165, 1.54) is 0 Å². The van der Waals surface area contributed by atoms with Crippen molar-refractivity contribution in [2.24, 2.45) is 62.3 Å². The van der Waals surface area contributed by atoms with Crippen LogP contribution >= 0.6 is 0 Å². The summed E-state index contributed by atoms with van der Waals surface area (Å²) in [6, 6.07) is -0.295. The second kappa shape index (κ2) is 9.05. The van der Waals surface area contributed by atoms with Gasteiger partial charge < -0.3 is 15.3 Å². The lowest BCUT2D eigenvalue weighted by molar-refractivity contribution is -0.248. The van der Waals surface area contributed by atoms with Crippen molar-refractivity contribution < 1.29 is 15.3 Å². The minimum atomic E-state index is -0.413. The Morgan fingerprint density at radius 1 is 0.943 bits per heavy atom. The van der Waals surface area contributed by atoms with Crippen molar-refractivity contribution in [2.45, 2.75) is 131 Å². The maximum Gasteiger partial charge on any atom is 0.0964 e. The molecular formula is C30H53NO4. The number of fused-ring (bicyclic) bond motifs is 5. The number of nitrogens with zero attached hydrogens (tertiary/aromatic N) is 1. The smallest absolute Gasteiger partial charge is 0.0964 e. The summed E-state index contributed by atoms with van der Waals surface area (Å²) in [6.45, 7) is 17.9. The summed E-state index contributed by atoms with van der Waals surface area (Å²) in [4.78, 5) is 12.4. The molecule has 0 aromatic heterocycles. The van der Waals surface area contributed by atoms with E-state index in [-0.39, 0.29) is 57.7 Å². The SMILES string of the molecule is CC(C)[C@H](O)CC[C@H](C)C1CCC2(C)C1[C@H](O)CC1[C@@]3(C)CC[C@H](O)C(C)(C)C3[C@@H](N=O)C[C@]12C. The van der Waals surface area contributed by atoms with E-state index >= 15 is 0 Å². The molecule has 4 aliphatic rings. The van der Waals surface area contributed by atoms with Crippen LogP contribution in [0.3, 0.4) is 0 Å². The fourth-order valence-corrected chi connectivity index (χ4v) is 10.7. The van der Waals surface area contributed by atoms with E-state index in [2.05, 4.69) is 60.6 Å². The molecule has 0 bridgehead atoms. The molecule has 0 spiro atoms. The molecule has 4 rings (SSSR count). The van der Waals surface area contributed by atoms with Gasteiger partial charge >= 0.3 is 0 Å². The Hall–Kier alpha value is -0.520. The Morgan fingerprint density at radius 3 is 2.20 bits per heavy atom. The van der Waals surface area contributed by atoms with E-state index in [1.54, 1.807) is 0 Å². The maximum absolute atomic E-state index is 12.4. The van der Waals surface area contributed by atoms with Crippen LogP contribution < -0.4 is 0 Å². The topological polar surface area (TPSA) is 90.1 Å². The first kappa shape index (κ1) is 27.5. The Kier molecular flexibility index (Phi) is 7.11. The zero-order valence-corrected chi connectivity index (χ0v) is 23.6. The second-order valence-electron chi connectivity index (χ2n) is 15.0. The third-order valence-electron chi connectivity index (χ3n) is 12.9. The van der Waals surface area contributed by atoms with Gasteiger partial charge in [0.05, 0.1) is 24.4 Å². The monoisotopic (exact) mass is 491 g/mol. The standard InChI is InChI=1S/C30H53NO4/c1-17(2)21(32)10-9-18(3)19-11-14-29(7)25(19)22(33)15-23-28(6)13-12-24(34)27(4,5)26(28)20(31-35)16-30(23,29)8/h17-26,32-34H,9-16H2,1-8H3/t18-,19?,20-,21+,22+,23?,24-,25?,26?,28+,29?,30+/m0/s1. The molecule has 3 N–H and O–H groups in total. The molecule has 4 saturated carbocycles. The van der Waals surface area contributed by atoms with Gasteiger partial charge in [0.15, 0.2) is 0 Å². The minimum Gasteiger partial charge on any atom is -0.393 e. The van der Waals surface area contributed by atoms with Gasteiger partial charge in [0.25, 0.3) is 0 Å². The highest BCUT2D eigenvalue weighted by atomic mass is 16.3. The molecule has 4 fully saturated rings. The van der Waals surface area contributed by atoms with Crippen molar-refractivity contribution in [2.75, 3.05) is 0 Å². The quantitative estimate of drug-likeness (QED) is 0.387. The molecule has 0 aromatic carbocycles. The van der Waals surface area contributed by atoms with Gasteiger partial charge in [-0.15, -0.1) is 0 Å². The van der Waals surface area contributed by atoms with Crippen molar-refractivity contribution in [1.29, 1.82) is 0 Å². The van der Waals surface area contributed by atoms with E-state index < -0.39 is 6.10 Å². The van der Waals surface area contributed by atoms with Crippen LogP contribution in [0.1, 0.15) is 107 Å². The van der Waals surface area contributed by atoms with E-state index in [0.717, 1.165) is 51.4 Å². The van der Waals surface area contributed by atoms with Crippen LogP contribution in [0.15, 0.2) is 5.18 Å². The molecule has 35 heavy (non-hydrogen) atoms. The van der Waals surface area contributed by atoms with Crippen molar-refractivity contribution in [3.63, 3.8) is 0 Å². The summed E-state index contributed by atoms with van der Waals surface area (Å²) in [5, 5.41) is 36.9. The van der Waals surface area contributed by atoms with Crippen LogP contribution in [0.2, 0.25) is 0 Å². The summed E-state index contributed by atoms with van der Waals surface area (Å²) in [5.41, 5.74) is -0.582. The largest absolute Gasteiger partial charge is 0.393 e. The summed E-state index contributed by atoms with van der Waals surface area (Å²) in [5.74, 6) is 1.77. The summed E-state index contributed by atoms with van der Waals surface area (Å²) in [7, 11) is 0. The number of nitroso groups, excluding NO2 is 1. The number of rotatable bonds is 6. The molecule has 0 heterocycles. The summed E-state index contributed by atoms with van der Waals surface area (Å²) < 4.78 is 0. The Bertz CT molecular complexity index is 799. The normalized spacial score (nSPS) is 50.7. The summed E-state index contributed by atoms with van der Waals surface area (Å²) >= 11 is 0. The van der Waals surface area contributed by atoms with E-state index in [4.69, 9.17) is 0 Å². The molecule has 5 unspecified atom stereocenters. The minimum absolute atomic E-state index is 0.0373. The average molecular weight is 492 g/mol. The first-order valence-electron chi connectivity index (χ1n) is 14.5. The third-order valence-corrected chi connectivity index (χ3v) is 12.9. The zero-order valence-electron chi connectivity index (χ0n) is 23.6. The van der Waals surface area contributed by atoms with Crippen LogP contribution in [0, 0.1) is 62.1 Å². The molecule has 12 atom stereocenters. The lowest BCUT2D eigenvalue weighted by Crippen LogP contribution is -2.69. The second-order valence-corrected chi connectivity index (χ2v) is 15.0. The Labute approximate surface area is 213 Å². The van der Waals surface area contributed by atoms with Crippen LogP contribution in [-0.2, 0) is 0 Å². The van der Waals surface area contributed by atoms with Crippen molar-refractivity contribution >= 4 is 0 Å². The molecule has 0 radical (unpaired) electrons. The van der Waals surface area contributed by atoms with Gasteiger partial charge in [-0.25, -0.2) is 0 Å². The number of aliphatic hydroxyl groups excluding tert-OH is 3. The van der Waals surface area contributed by atoms with Gasteiger partial charge in [0.1, 0.15) is 0 Å². The van der Waals surface area contributed by atoms with Crippen molar-refractivity contribution in [3.8, 4) is 0 Å². The molecule has 0 saturated heterocycles. The summed E-state index contributed by atoms with van der Waals surface area (Å²) in [6.07, 6.45) is 6.22.